The number of aromatic nitrogens is 2. The van der Waals surface area contributed by atoms with Crippen molar-refractivity contribution in [2.45, 2.75) is 38.9 Å². The molecule has 0 spiro atoms. The van der Waals surface area contributed by atoms with Crippen LogP contribution < -0.4 is 9.64 Å². The molecule has 0 aliphatic carbocycles. The van der Waals surface area contributed by atoms with Crippen molar-refractivity contribution in [3.63, 3.8) is 0 Å². The van der Waals surface area contributed by atoms with E-state index in [2.05, 4.69) is 62.3 Å². The number of ether oxygens (including phenoxy) is 3. The summed E-state index contributed by atoms with van der Waals surface area (Å²) >= 11 is 0. The van der Waals surface area contributed by atoms with Crippen LogP contribution in [-0.2, 0) is 9.47 Å². The number of aromatic amines is 1. The number of carbonyl (C=O) groups is 1. The zero-order valence-electron chi connectivity index (χ0n) is 25.3. The fraction of sp³-hybridized carbons (Fsp3) is 0.382. The standard InChI is InChI=1S/C34H39N5O4/c1-34(2,3)43-33(40)39-14-12-27(22-39)42-31-10-7-24(19-25(31)21-35-4)28-11-13-36-32-29(28)20-30(37-32)23-5-8-26(9-6-23)38-15-17-41-18-16-38/h5-11,13,19-21,27H,12,14-18,22H2,1-4H3,(H,36,37)/b35-21-/t27-/m1/s1. The van der Waals surface area contributed by atoms with E-state index in [9.17, 15) is 4.79 Å². The molecule has 4 heterocycles. The lowest BCUT2D eigenvalue weighted by atomic mass is 10.0. The molecule has 2 aromatic heterocycles. The van der Waals surface area contributed by atoms with Crippen molar-refractivity contribution in [1.82, 2.24) is 14.9 Å². The number of fused-ring (bicyclic) bond motifs is 1. The van der Waals surface area contributed by atoms with Crippen LogP contribution in [0.4, 0.5) is 10.5 Å². The van der Waals surface area contributed by atoms with Gasteiger partial charge in [-0.25, -0.2) is 9.78 Å². The normalized spacial score (nSPS) is 17.6. The average Bonchev–Trinajstić information content (AvgIpc) is 3.66. The lowest BCUT2D eigenvalue weighted by Crippen LogP contribution is -2.36. The molecule has 1 N–H and O–H groups in total. The number of carbonyl (C=O) groups excluding carboxylic acids is 1. The molecule has 6 rings (SSSR count). The maximum absolute atomic E-state index is 12.5. The summed E-state index contributed by atoms with van der Waals surface area (Å²) in [5.41, 5.74) is 6.67. The van der Waals surface area contributed by atoms with Crippen molar-refractivity contribution in [2.24, 2.45) is 4.99 Å². The topological polar surface area (TPSA) is 92.3 Å². The van der Waals surface area contributed by atoms with E-state index in [-0.39, 0.29) is 12.2 Å². The molecule has 224 valence electrons. The SMILES string of the molecule is C/N=C\c1cc(-c2ccnc3[nH]c(-c4ccc(N5CCOCC5)cc4)cc23)ccc1O[C@@H]1CCN(C(=O)OC(C)(C)C)C1. The second-order valence-corrected chi connectivity index (χ2v) is 12.0. The van der Waals surface area contributed by atoms with E-state index in [0.29, 0.717) is 13.1 Å². The summed E-state index contributed by atoms with van der Waals surface area (Å²) in [4.78, 5) is 29.0. The first-order valence-corrected chi connectivity index (χ1v) is 14.9. The minimum atomic E-state index is -0.525. The van der Waals surface area contributed by atoms with E-state index in [1.165, 1.54) is 5.69 Å². The van der Waals surface area contributed by atoms with Gasteiger partial charge in [-0.3, -0.25) is 4.99 Å². The third-order valence-corrected chi connectivity index (χ3v) is 7.77. The van der Waals surface area contributed by atoms with Crippen LogP contribution in [0, 0.1) is 0 Å². The first kappa shape index (κ1) is 28.7. The number of hydrogen-bond donors (Lipinski definition) is 1. The molecule has 0 bridgehead atoms. The number of benzene rings is 2. The average molecular weight is 582 g/mol. The predicted octanol–water partition coefficient (Wildman–Crippen LogP) is 6.17. The Kier molecular flexibility index (Phi) is 8.08. The zero-order chi connectivity index (χ0) is 30.0. The number of H-pyrrole nitrogens is 1. The van der Waals surface area contributed by atoms with Crippen molar-refractivity contribution in [3.8, 4) is 28.1 Å². The Morgan fingerprint density at radius 2 is 1.81 bits per heavy atom. The van der Waals surface area contributed by atoms with Gasteiger partial charge in [-0.15, -0.1) is 0 Å². The number of amides is 1. The summed E-state index contributed by atoms with van der Waals surface area (Å²) < 4.78 is 17.4. The van der Waals surface area contributed by atoms with Crippen LogP contribution in [0.3, 0.4) is 0 Å². The first-order valence-electron chi connectivity index (χ1n) is 14.9. The molecule has 9 nitrogen and oxygen atoms in total. The van der Waals surface area contributed by atoms with Gasteiger partial charge in [0.15, 0.2) is 0 Å². The molecule has 4 aromatic rings. The molecule has 2 aromatic carbocycles. The van der Waals surface area contributed by atoms with Gasteiger partial charge in [-0.2, -0.15) is 0 Å². The monoisotopic (exact) mass is 581 g/mol. The summed E-state index contributed by atoms with van der Waals surface area (Å²) in [5.74, 6) is 0.741. The summed E-state index contributed by atoms with van der Waals surface area (Å²) in [7, 11) is 1.75. The van der Waals surface area contributed by atoms with Gasteiger partial charge in [-0.1, -0.05) is 18.2 Å². The second-order valence-electron chi connectivity index (χ2n) is 12.0. The number of anilines is 1. The molecular weight excluding hydrogens is 542 g/mol. The molecule has 2 saturated heterocycles. The van der Waals surface area contributed by atoms with Crippen molar-refractivity contribution in [3.05, 3.63) is 66.4 Å². The Bertz CT molecular complexity index is 1620. The van der Waals surface area contributed by atoms with E-state index in [1.54, 1.807) is 11.9 Å². The molecule has 2 aliphatic rings. The largest absolute Gasteiger partial charge is 0.488 e. The van der Waals surface area contributed by atoms with E-state index in [4.69, 9.17) is 14.2 Å². The van der Waals surface area contributed by atoms with Gasteiger partial charge < -0.3 is 29.0 Å². The van der Waals surface area contributed by atoms with Gasteiger partial charge in [0.1, 0.15) is 23.1 Å². The van der Waals surface area contributed by atoms with Crippen molar-refractivity contribution in [2.75, 3.05) is 51.3 Å². The van der Waals surface area contributed by atoms with E-state index < -0.39 is 5.60 Å². The van der Waals surface area contributed by atoms with Crippen molar-refractivity contribution >= 4 is 29.0 Å². The van der Waals surface area contributed by atoms with Crippen LogP contribution in [0.2, 0.25) is 0 Å². The fourth-order valence-corrected chi connectivity index (χ4v) is 5.67. The van der Waals surface area contributed by atoms with Crippen LogP contribution >= 0.6 is 0 Å². The van der Waals surface area contributed by atoms with Crippen LogP contribution in [0.15, 0.2) is 65.8 Å². The highest BCUT2D eigenvalue weighted by Crippen LogP contribution is 2.34. The fourth-order valence-electron chi connectivity index (χ4n) is 5.67. The van der Waals surface area contributed by atoms with Crippen LogP contribution in [0.1, 0.15) is 32.8 Å². The molecule has 0 radical (unpaired) electrons. The lowest BCUT2D eigenvalue weighted by Gasteiger charge is -2.28. The van der Waals surface area contributed by atoms with Crippen LogP contribution in [0.5, 0.6) is 5.75 Å². The molecule has 1 atom stereocenters. The number of likely N-dealkylation sites (tertiary alicyclic amines) is 1. The van der Waals surface area contributed by atoms with Gasteiger partial charge in [-0.05, 0) is 73.9 Å². The van der Waals surface area contributed by atoms with Gasteiger partial charge in [0.25, 0.3) is 0 Å². The Hall–Kier alpha value is -4.37. The third kappa shape index (κ3) is 6.51. The molecule has 2 aliphatic heterocycles. The minimum Gasteiger partial charge on any atom is -0.488 e. The number of hydrogen-bond acceptors (Lipinski definition) is 7. The lowest BCUT2D eigenvalue weighted by molar-refractivity contribution is 0.0275. The molecule has 9 heteroatoms. The molecule has 2 fully saturated rings. The van der Waals surface area contributed by atoms with Crippen LogP contribution in [-0.4, -0.2) is 85.3 Å². The zero-order valence-corrected chi connectivity index (χ0v) is 25.3. The first-order chi connectivity index (χ1) is 20.8. The number of aliphatic imine (C=N–C) groups is 1. The van der Waals surface area contributed by atoms with Gasteiger partial charge in [0, 0.05) is 67.8 Å². The molecule has 0 unspecified atom stereocenters. The number of nitrogens with zero attached hydrogens (tertiary/aromatic N) is 4. The third-order valence-electron chi connectivity index (χ3n) is 7.77. The van der Waals surface area contributed by atoms with Crippen LogP contribution in [0.25, 0.3) is 33.4 Å². The van der Waals surface area contributed by atoms with E-state index >= 15 is 0 Å². The highest BCUT2D eigenvalue weighted by Gasteiger charge is 2.31. The summed E-state index contributed by atoms with van der Waals surface area (Å²) in [6.45, 7) is 10.1. The Labute approximate surface area is 252 Å². The van der Waals surface area contributed by atoms with E-state index in [1.807, 2.05) is 45.3 Å². The van der Waals surface area contributed by atoms with Gasteiger partial charge in [0.2, 0.25) is 0 Å². The molecule has 0 saturated carbocycles. The number of nitrogens with one attached hydrogen (secondary N) is 1. The van der Waals surface area contributed by atoms with Crippen molar-refractivity contribution in [1.29, 1.82) is 0 Å². The highest BCUT2D eigenvalue weighted by atomic mass is 16.6. The summed E-state index contributed by atoms with van der Waals surface area (Å²) in [6, 6.07) is 19.0. The predicted molar refractivity (Wildman–Crippen MR) is 170 cm³/mol. The van der Waals surface area contributed by atoms with Crippen molar-refractivity contribution < 1.29 is 19.0 Å². The number of pyridine rings is 1. The van der Waals surface area contributed by atoms with E-state index in [0.717, 1.165) is 77.5 Å². The summed E-state index contributed by atoms with van der Waals surface area (Å²) in [6.07, 6.45) is 3.98. The highest BCUT2D eigenvalue weighted by molar-refractivity contribution is 5.97. The molecule has 1 amide bonds. The quantitative estimate of drug-likeness (QED) is 0.274. The molecular formula is C34H39N5O4. The Balaban J connectivity index is 1.22. The number of rotatable bonds is 6. The second kappa shape index (κ2) is 12.1. The van der Waals surface area contributed by atoms with Gasteiger partial charge >= 0.3 is 6.09 Å². The molecule has 43 heavy (non-hydrogen) atoms. The Morgan fingerprint density at radius 1 is 1.05 bits per heavy atom. The van der Waals surface area contributed by atoms with Gasteiger partial charge in [0.05, 0.1) is 19.8 Å². The Morgan fingerprint density at radius 3 is 2.56 bits per heavy atom. The smallest absolute Gasteiger partial charge is 0.410 e. The summed E-state index contributed by atoms with van der Waals surface area (Å²) in [5, 5.41) is 1.05. The number of morpholine rings is 1. The minimum absolute atomic E-state index is 0.114. The maximum atomic E-state index is 12.5. The maximum Gasteiger partial charge on any atom is 0.410 e.